The van der Waals surface area contributed by atoms with Gasteiger partial charge in [-0.25, -0.2) is 0 Å². The Morgan fingerprint density at radius 2 is 1.53 bits per heavy atom. The molecule has 0 aliphatic carbocycles. The fourth-order valence-corrected chi connectivity index (χ4v) is 1.90. The van der Waals surface area contributed by atoms with Crippen LogP contribution in [0.3, 0.4) is 0 Å². The Kier molecular flexibility index (Phi) is 7.31. The van der Waals surface area contributed by atoms with E-state index < -0.39 is 0 Å². The van der Waals surface area contributed by atoms with Gasteiger partial charge in [0.1, 0.15) is 0 Å². The summed E-state index contributed by atoms with van der Waals surface area (Å²) in [5, 5.41) is 0. The van der Waals surface area contributed by atoms with Gasteiger partial charge < -0.3 is 0 Å². The number of benzene rings is 1. The molecule has 0 heterocycles. The van der Waals surface area contributed by atoms with E-state index in [-0.39, 0.29) is 10.7 Å². The largest absolute Gasteiger partial charge is 0.264 e. The second kappa shape index (κ2) is 7.63. The zero-order chi connectivity index (χ0) is 11.8. The van der Waals surface area contributed by atoms with E-state index in [0.717, 1.165) is 0 Å². The summed E-state index contributed by atoms with van der Waals surface area (Å²) >= 11 is 0. The summed E-state index contributed by atoms with van der Waals surface area (Å²) in [5.74, 6) is 0.617. The van der Waals surface area contributed by atoms with Gasteiger partial charge in [0.05, 0.1) is 0 Å². The van der Waals surface area contributed by atoms with E-state index in [2.05, 4.69) is 48.7 Å². The summed E-state index contributed by atoms with van der Waals surface area (Å²) in [6.07, 6.45) is 2.14. The molecule has 2 heteroatoms. The molecule has 1 atom stereocenters. The average molecular weight is 225 g/mol. The van der Waals surface area contributed by atoms with E-state index >= 15 is 0 Å². The van der Waals surface area contributed by atoms with E-state index in [1.54, 1.807) is 0 Å². The number of hydrogen-bond acceptors (Lipinski definition) is 1. The van der Waals surface area contributed by atoms with E-state index in [0.29, 0.717) is 5.92 Å². The van der Waals surface area contributed by atoms with E-state index in [4.69, 9.17) is 0 Å². The van der Waals surface area contributed by atoms with Crippen molar-refractivity contribution in [3.05, 3.63) is 29.8 Å². The molecule has 0 N–H and O–H groups in total. The molecule has 86 valence electrons. The third-order valence-corrected chi connectivity index (χ3v) is 3.66. The van der Waals surface area contributed by atoms with Crippen LogP contribution in [0.5, 0.6) is 0 Å². The molecular formula is C13H23NS. The van der Waals surface area contributed by atoms with Gasteiger partial charge in [0.15, 0.2) is 0 Å². The molecule has 0 saturated carbocycles. The van der Waals surface area contributed by atoms with Gasteiger partial charge in [-0.15, -0.1) is 0 Å². The standard InChI is InChI=1S/C11H17NS.C2H6/c1-9(2)10-5-7-11(8-6-10)13(4)12-3;1-2/h5-9H,1-4H3;1-2H3. The van der Waals surface area contributed by atoms with Crippen LogP contribution < -0.4 is 0 Å². The van der Waals surface area contributed by atoms with Crippen LogP contribution in [0.1, 0.15) is 39.2 Å². The predicted octanol–water partition coefficient (Wildman–Crippen LogP) is 4.26. The topological polar surface area (TPSA) is 12.4 Å². The summed E-state index contributed by atoms with van der Waals surface area (Å²) in [4.78, 5) is 1.33. The quantitative estimate of drug-likeness (QED) is 0.713. The van der Waals surface area contributed by atoms with Crippen molar-refractivity contribution in [2.24, 2.45) is 4.36 Å². The van der Waals surface area contributed by atoms with Crippen LogP contribution in [-0.2, 0) is 10.7 Å². The molecule has 15 heavy (non-hydrogen) atoms. The second-order valence-electron chi connectivity index (χ2n) is 3.38. The number of hydrogen-bond donors (Lipinski definition) is 0. The Hall–Kier alpha value is -0.630. The molecular weight excluding hydrogens is 202 g/mol. The van der Waals surface area contributed by atoms with E-state index in [1.807, 2.05) is 20.9 Å². The van der Waals surface area contributed by atoms with Crippen molar-refractivity contribution in [1.82, 2.24) is 0 Å². The molecule has 0 saturated heterocycles. The predicted molar refractivity (Wildman–Crippen MR) is 71.8 cm³/mol. The summed E-state index contributed by atoms with van der Waals surface area (Å²) < 4.78 is 4.26. The molecule has 0 radical (unpaired) electrons. The fourth-order valence-electron chi connectivity index (χ4n) is 1.16. The van der Waals surface area contributed by atoms with Crippen molar-refractivity contribution in [3.8, 4) is 0 Å². The molecule has 0 amide bonds. The smallest absolute Gasteiger partial charge is 0.0350 e. The maximum Gasteiger partial charge on any atom is 0.0350 e. The van der Waals surface area contributed by atoms with Gasteiger partial charge in [-0.2, -0.15) is 0 Å². The van der Waals surface area contributed by atoms with Crippen molar-refractivity contribution in [1.29, 1.82) is 0 Å². The van der Waals surface area contributed by atoms with Crippen LogP contribution in [0.2, 0.25) is 0 Å². The Morgan fingerprint density at radius 1 is 1.07 bits per heavy atom. The summed E-state index contributed by atoms with van der Waals surface area (Å²) in [6.45, 7) is 8.43. The summed E-state index contributed by atoms with van der Waals surface area (Å²) in [5.41, 5.74) is 1.40. The number of rotatable bonds is 2. The third-order valence-electron chi connectivity index (χ3n) is 2.16. The van der Waals surface area contributed by atoms with Crippen LogP contribution in [0.4, 0.5) is 0 Å². The van der Waals surface area contributed by atoms with Crippen molar-refractivity contribution in [3.63, 3.8) is 0 Å². The highest BCUT2D eigenvalue weighted by molar-refractivity contribution is 7.86. The van der Waals surface area contributed by atoms with Crippen LogP contribution in [0.15, 0.2) is 33.5 Å². The zero-order valence-corrected chi connectivity index (χ0v) is 11.6. The fraction of sp³-hybridized carbons (Fsp3) is 0.538. The lowest BCUT2D eigenvalue weighted by Gasteiger charge is -2.06. The Bertz CT molecular complexity index is 299. The maximum atomic E-state index is 4.26. The molecule has 0 aliphatic rings. The molecule has 0 bridgehead atoms. The van der Waals surface area contributed by atoms with Crippen molar-refractivity contribution < 1.29 is 0 Å². The first-order valence-corrected chi connectivity index (χ1v) is 7.10. The van der Waals surface area contributed by atoms with Gasteiger partial charge in [0.2, 0.25) is 0 Å². The summed E-state index contributed by atoms with van der Waals surface area (Å²) in [7, 11) is 1.94. The minimum atomic E-state index is 0.0631. The first-order chi connectivity index (χ1) is 7.15. The van der Waals surface area contributed by atoms with Gasteiger partial charge in [-0.3, -0.25) is 4.36 Å². The molecule has 0 fully saturated rings. The minimum absolute atomic E-state index is 0.0631. The molecule has 1 nitrogen and oxygen atoms in total. The first-order valence-electron chi connectivity index (χ1n) is 5.51. The van der Waals surface area contributed by atoms with Gasteiger partial charge in [-0.05, 0) is 29.9 Å². The number of nitrogens with zero attached hydrogens (tertiary/aromatic N) is 1. The van der Waals surface area contributed by atoms with Gasteiger partial charge in [0.25, 0.3) is 0 Å². The average Bonchev–Trinajstić information content (AvgIpc) is 2.31. The van der Waals surface area contributed by atoms with E-state index in [9.17, 15) is 0 Å². The zero-order valence-electron chi connectivity index (χ0n) is 10.7. The SMILES string of the molecule is CC.CN=S(C)c1ccc(C(C)C)cc1. The lowest BCUT2D eigenvalue weighted by atomic mass is 10.0. The summed E-state index contributed by atoms with van der Waals surface area (Å²) in [6, 6.07) is 8.78. The lowest BCUT2D eigenvalue weighted by molar-refractivity contribution is 0.865. The normalized spacial score (nSPS) is 12.2. The van der Waals surface area contributed by atoms with Crippen LogP contribution >= 0.6 is 0 Å². The second-order valence-corrected chi connectivity index (χ2v) is 5.18. The van der Waals surface area contributed by atoms with Crippen LogP contribution in [0, 0.1) is 0 Å². The van der Waals surface area contributed by atoms with Crippen molar-refractivity contribution >= 4 is 10.7 Å². The maximum absolute atomic E-state index is 4.26. The lowest BCUT2D eigenvalue weighted by Crippen LogP contribution is -1.90. The minimum Gasteiger partial charge on any atom is -0.264 e. The Balaban J connectivity index is 0.000000921. The Labute approximate surface area is 97.0 Å². The van der Waals surface area contributed by atoms with Crippen molar-refractivity contribution in [2.75, 3.05) is 13.3 Å². The Morgan fingerprint density at radius 3 is 1.87 bits per heavy atom. The highest BCUT2D eigenvalue weighted by Gasteiger charge is 1.99. The molecule has 0 aromatic heterocycles. The highest BCUT2D eigenvalue weighted by atomic mass is 32.2. The molecule has 1 aromatic carbocycles. The highest BCUT2D eigenvalue weighted by Crippen LogP contribution is 2.16. The van der Waals surface area contributed by atoms with E-state index in [1.165, 1.54) is 10.5 Å². The third kappa shape index (κ3) is 4.61. The van der Waals surface area contributed by atoms with Crippen LogP contribution in [-0.4, -0.2) is 13.3 Å². The van der Waals surface area contributed by atoms with Gasteiger partial charge >= 0.3 is 0 Å². The van der Waals surface area contributed by atoms with Crippen molar-refractivity contribution in [2.45, 2.75) is 38.5 Å². The first kappa shape index (κ1) is 14.4. The monoisotopic (exact) mass is 225 g/mol. The van der Waals surface area contributed by atoms with Gasteiger partial charge in [-0.1, -0.05) is 50.5 Å². The molecule has 1 aromatic rings. The van der Waals surface area contributed by atoms with Crippen LogP contribution in [0.25, 0.3) is 0 Å². The molecule has 1 unspecified atom stereocenters. The molecule has 0 spiro atoms. The van der Waals surface area contributed by atoms with Gasteiger partial charge in [0, 0.05) is 11.9 Å². The molecule has 1 rings (SSSR count). The molecule has 0 aliphatic heterocycles.